The summed E-state index contributed by atoms with van der Waals surface area (Å²) in [7, 11) is 0. The fourth-order valence-electron chi connectivity index (χ4n) is 7.94. The first-order chi connectivity index (χ1) is 18.5. The van der Waals surface area contributed by atoms with Crippen molar-refractivity contribution in [3.8, 4) is 10.6 Å². The molecule has 1 spiro atoms. The first-order valence-electron chi connectivity index (χ1n) is 14.7. The minimum Gasteiger partial charge on any atom is -0.393 e. The van der Waals surface area contributed by atoms with E-state index in [0.29, 0.717) is 28.9 Å². The minimum atomic E-state index is -0.134. The quantitative estimate of drug-likeness (QED) is 0.520. The van der Waals surface area contributed by atoms with Gasteiger partial charge in [0.25, 0.3) is 5.91 Å². The van der Waals surface area contributed by atoms with Crippen molar-refractivity contribution < 1.29 is 9.90 Å². The molecule has 0 radical (unpaired) electrons. The molecule has 7 rings (SSSR count). The lowest BCUT2D eigenvalue weighted by Crippen LogP contribution is -2.49. The molecule has 6 nitrogen and oxygen atoms in total. The molecule has 5 aliphatic rings. The number of likely N-dealkylation sites (tertiary alicyclic amines) is 1. The van der Waals surface area contributed by atoms with Gasteiger partial charge in [-0.3, -0.25) is 4.79 Å². The Balaban J connectivity index is 1.08. The number of allylic oxidation sites excluding steroid dienone is 2. The highest BCUT2D eigenvalue weighted by Gasteiger charge is 2.62. The van der Waals surface area contributed by atoms with Crippen molar-refractivity contribution in [1.82, 2.24) is 15.2 Å². The van der Waals surface area contributed by atoms with Gasteiger partial charge in [-0.25, -0.2) is 4.98 Å². The summed E-state index contributed by atoms with van der Waals surface area (Å²) in [6, 6.07) is 8.86. The van der Waals surface area contributed by atoms with Gasteiger partial charge in [-0.05, 0) is 99.3 Å². The smallest absolute Gasteiger partial charge is 0.255 e. The summed E-state index contributed by atoms with van der Waals surface area (Å²) in [5.74, 6) is 2.82. The molecular weight excluding hydrogens is 492 g/mol. The van der Waals surface area contributed by atoms with E-state index in [4.69, 9.17) is 4.98 Å². The summed E-state index contributed by atoms with van der Waals surface area (Å²) < 4.78 is 0. The predicted octanol–water partition coefficient (Wildman–Crippen LogP) is 4.88. The van der Waals surface area contributed by atoms with E-state index in [9.17, 15) is 9.90 Å². The Morgan fingerprint density at radius 3 is 2.55 bits per heavy atom. The number of nitrogens with one attached hydrogen (secondary N) is 1. The van der Waals surface area contributed by atoms with Crippen LogP contribution in [0.3, 0.4) is 0 Å². The Hall–Kier alpha value is -2.22. The molecule has 7 heteroatoms. The topological polar surface area (TPSA) is 68.7 Å². The fourth-order valence-corrected chi connectivity index (χ4v) is 8.78. The normalized spacial score (nSPS) is 28.9. The Bertz CT molecular complexity index is 1220. The predicted molar refractivity (Wildman–Crippen MR) is 153 cm³/mol. The third-order valence-electron chi connectivity index (χ3n) is 10.3. The van der Waals surface area contributed by atoms with Crippen LogP contribution in [0.5, 0.6) is 0 Å². The largest absolute Gasteiger partial charge is 0.393 e. The third kappa shape index (κ3) is 4.40. The number of aryl methyl sites for hydroxylation is 1. The second-order valence-corrected chi connectivity index (χ2v) is 13.7. The number of aromatic nitrogens is 1. The van der Waals surface area contributed by atoms with Crippen LogP contribution >= 0.6 is 11.3 Å². The van der Waals surface area contributed by atoms with Gasteiger partial charge in [0.2, 0.25) is 0 Å². The Labute approximate surface area is 230 Å². The first-order valence-corrected chi connectivity index (χ1v) is 15.5. The van der Waals surface area contributed by atoms with Crippen LogP contribution in [0.25, 0.3) is 10.6 Å². The molecule has 2 aliphatic heterocycles. The van der Waals surface area contributed by atoms with Crippen LogP contribution in [0.4, 0.5) is 5.82 Å². The van der Waals surface area contributed by atoms with Crippen molar-refractivity contribution >= 4 is 23.1 Å². The summed E-state index contributed by atoms with van der Waals surface area (Å²) in [6.07, 6.45) is 12.6. The number of anilines is 1. The number of carbonyl (C=O) groups is 1. The lowest BCUT2D eigenvalue weighted by Gasteiger charge is -2.41. The SMILES string of the molecule is Cc1ccc(-c2ccc(C(=O)NC[C@H]3C[C@H]4C=C[C@H]3C43CC3)c(N3CCC(N4CCC(O)CC4)CC3)n2)s1. The summed E-state index contributed by atoms with van der Waals surface area (Å²) in [6.45, 7) is 6.68. The molecule has 2 N–H and O–H groups in total. The molecule has 4 heterocycles. The van der Waals surface area contributed by atoms with Gasteiger partial charge in [0.05, 0.1) is 22.2 Å². The van der Waals surface area contributed by atoms with E-state index in [1.54, 1.807) is 11.3 Å². The van der Waals surface area contributed by atoms with Crippen LogP contribution in [-0.4, -0.2) is 65.8 Å². The number of hydrogen-bond donors (Lipinski definition) is 2. The van der Waals surface area contributed by atoms with Crippen molar-refractivity contribution in [2.75, 3.05) is 37.6 Å². The van der Waals surface area contributed by atoms with E-state index in [1.807, 2.05) is 12.1 Å². The molecule has 4 fully saturated rings. The summed E-state index contributed by atoms with van der Waals surface area (Å²) in [5.41, 5.74) is 2.22. The van der Waals surface area contributed by atoms with E-state index < -0.39 is 0 Å². The highest BCUT2D eigenvalue weighted by Crippen LogP contribution is 2.69. The Morgan fingerprint density at radius 1 is 1.08 bits per heavy atom. The van der Waals surface area contributed by atoms with Crippen LogP contribution in [-0.2, 0) is 0 Å². The molecule has 0 aromatic carbocycles. The van der Waals surface area contributed by atoms with E-state index >= 15 is 0 Å². The van der Waals surface area contributed by atoms with Gasteiger partial charge in [0, 0.05) is 43.6 Å². The van der Waals surface area contributed by atoms with Gasteiger partial charge in [0.1, 0.15) is 5.82 Å². The van der Waals surface area contributed by atoms with E-state index in [0.717, 1.165) is 80.7 Å². The molecule has 2 aromatic rings. The van der Waals surface area contributed by atoms with Gasteiger partial charge in [-0.1, -0.05) is 12.2 Å². The number of hydrogen-bond acceptors (Lipinski definition) is 6. The van der Waals surface area contributed by atoms with Crippen LogP contribution in [0.1, 0.15) is 60.2 Å². The van der Waals surface area contributed by atoms with E-state index in [2.05, 4.69) is 46.3 Å². The maximum absolute atomic E-state index is 13.6. The highest BCUT2D eigenvalue weighted by atomic mass is 32.1. The number of thiophene rings is 1. The zero-order valence-corrected chi connectivity index (χ0v) is 23.3. The molecule has 1 amide bonds. The van der Waals surface area contributed by atoms with Crippen LogP contribution in [0.15, 0.2) is 36.4 Å². The number of piperidine rings is 2. The van der Waals surface area contributed by atoms with Crippen molar-refractivity contribution in [2.24, 2.45) is 23.2 Å². The second-order valence-electron chi connectivity index (χ2n) is 12.4. The van der Waals surface area contributed by atoms with Gasteiger partial charge in [-0.15, -0.1) is 11.3 Å². The maximum Gasteiger partial charge on any atom is 0.255 e. The zero-order valence-electron chi connectivity index (χ0n) is 22.4. The average Bonchev–Trinajstić information content (AvgIpc) is 3.41. The number of aliphatic hydroxyl groups is 1. The van der Waals surface area contributed by atoms with Gasteiger partial charge in [-0.2, -0.15) is 0 Å². The molecule has 2 saturated carbocycles. The molecule has 3 aliphatic carbocycles. The molecule has 2 bridgehead atoms. The van der Waals surface area contributed by atoms with E-state index in [-0.39, 0.29) is 12.0 Å². The lowest BCUT2D eigenvalue weighted by molar-refractivity contribution is 0.0542. The monoisotopic (exact) mass is 532 g/mol. The number of amides is 1. The third-order valence-corrected chi connectivity index (χ3v) is 11.3. The maximum atomic E-state index is 13.6. The van der Waals surface area contributed by atoms with E-state index in [1.165, 1.54) is 24.1 Å². The Morgan fingerprint density at radius 2 is 1.87 bits per heavy atom. The standard InChI is InChI=1S/C31H40N4O2S/c1-20-2-7-28(38-20)27-6-4-25(30(37)32-19-21-18-22-3-5-26(21)31(22)12-13-31)29(33-27)35-14-8-23(9-15-35)34-16-10-24(36)11-17-34/h2-7,21-24,26,36H,8-19H2,1H3,(H,32,37)/t21-,22-,26-/m1/s1. The van der Waals surface area contributed by atoms with Crippen LogP contribution in [0, 0.1) is 30.1 Å². The number of nitrogens with zero attached hydrogens (tertiary/aromatic N) is 3. The van der Waals surface area contributed by atoms with Crippen molar-refractivity contribution in [1.29, 1.82) is 0 Å². The molecule has 2 aromatic heterocycles. The minimum absolute atomic E-state index is 0.0187. The van der Waals surface area contributed by atoms with Crippen LogP contribution in [0.2, 0.25) is 0 Å². The molecule has 0 unspecified atom stereocenters. The van der Waals surface area contributed by atoms with Crippen LogP contribution < -0.4 is 10.2 Å². The lowest BCUT2D eigenvalue weighted by atomic mass is 9.89. The summed E-state index contributed by atoms with van der Waals surface area (Å²) in [4.78, 5) is 26.1. The van der Waals surface area contributed by atoms with Gasteiger partial charge < -0.3 is 20.2 Å². The molecule has 38 heavy (non-hydrogen) atoms. The second kappa shape index (κ2) is 9.76. The fraction of sp³-hybridized carbons (Fsp3) is 0.613. The van der Waals surface area contributed by atoms with Gasteiger partial charge in [0.15, 0.2) is 0 Å². The van der Waals surface area contributed by atoms with Gasteiger partial charge >= 0.3 is 0 Å². The first kappa shape index (κ1) is 24.8. The molecule has 2 saturated heterocycles. The summed E-state index contributed by atoms with van der Waals surface area (Å²) in [5, 5.41) is 13.2. The molecule has 3 atom stereocenters. The zero-order chi connectivity index (χ0) is 25.9. The number of rotatable bonds is 6. The average molecular weight is 533 g/mol. The Kier molecular flexibility index (Phi) is 6.37. The molecule has 202 valence electrons. The summed E-state index contributed by atoms with van der Waals surface area (Å²) >= 11 is 1.75. The van der Waals surface area contributed by atoms with Crippen molar-refractivity contribution in [2.45, 2.75) is 64.0 Å². The van der Waals surface area contributed by atoms with Crippen molar-refractivity contribution in [3.63, 3.8) is 0 Å². The number of carbonyl (C=O) groups excluding carboxylic acids is 1. The highest BCUT2D eigenvalue weighted by molar-refractivity contribution is 7.15. The molecular formula is C31H40N4O2S. The number of aliphatic hydroxyl groups excluding tert-OH is 1. The number of pyridine rings is 1. The van der Waals surface area contributed by atoms with Crippen molar-refractivity contribution in [3.05, 3.63) is 46.9 Å².